The van der Waals surface area contributed by atoms with Gasteiger partial charge in [0.25, 0.3) is 11.7 Å². The normalized spacial score (nSPS) is 21.7. The van der Waals surface area contributed by atoms with E-state index in [-0.39, 0.29) is 23.5 Å². The Morgan fingerprint density at radius 2 is 1.89 bits per heavy atom. The predicted molar refractivity (Wildman–Crippen MR) is 136 cm³/mol. The molecule has 0 spiro atoms. The number of Topliss-reactive ketones (excluding diaryl/α,β-unsaturated/α-hetero) is 1. The number of ketones is 1. The van der Waals surface area contributed by atoms with Gasteiger partial charge in [-0.05, 0) is 75.1 Å². The number of carbonyl (C=O) groups excluding carboxylic acids is 2. The lowest BCUT2D eigenvalue weighted by molar-refractivity contribution is -0.140. The Bertz CT molecular complexity index is 1130. The second-order valence-corrected chi connectivity index (χ2v) is 9.72. The van der Waals surface area contributed by atoms with Crippen molar-refractivity contribution in [2.45, 2.75) is 51.9 Å². The predicted octanol–water partition coefficient (Wildman–Crippen LogP) is 4.45. The quantitative estimate of drug-likeness (QED) is 0.360. The fourth-order valence-electron chi connectivity index (χ4n) is 4.72. The third-order valence-corrected chi connectivity index (χ3v) is 6.50. The van der Waals surface area contributed by atoms with Crippen molar-refractivity contribution in [3.05, 3.63) is 64.7 Å². The van der Waals surface area contributed by atoms with Crippen molar-refractivity contribution in [1.82, 2.24) is 4.90 Å². The number of rotatable bonds is 7. The van der Waals surface area contributed by atoms with Crippen LogP contribution in [0.1, 0.15) is 49.4 Å². The summed E-state index contributed by atoms with van der Waals surface area (Å²) in [7, 11) is 3.90. The number of likely N-dealkylation sites (tertiary alicyclic amines) is 1. The summed E-state index contributed by atoms with van der Waals surface area (Å²) >= 11 is 0. The molecule has 0 aliphatic carbocycles. The van der Waals surface area contributed by atoms with Crippen molar-refractivity contribution < 1.29 is 24.2 Å². The van der Waals surface area contributed by atoms with Gasteiger partial charge in [0.05, 0.1) is 23.8 Å². The zero-order chi connectivity index (χ0) is 25.3. The monoisotopic (exact) mass is 478 g/mol. The van der Waals surface area contributed by atoms with Gasteiger partial charge in [0.1, 0.15) is 11.5 Å². The average molecular weight is 479 g/mol. The second-order valence-electron chi connectivity index (χ2n) is 9.72. The topological polar surface area (TPSA) is 79.3 Å². The molecular formula is C28H34N2O5. The van der Waals surface area contributed by atoms with Gasteiger partial charge in [-0.25, -0.2) is 0 Å². The number of nitrogens with zero attached hydrogens (tertiary/aromatic N) is 2. The van der Waals surface area contributed by atoms with Crippen molar-refractivity contribution >= 4 is 23.1 Å². The summed E-state index contributed by atoms with van der Waals surface area (Å²) in [5.41, 5.74) is 3.18. The van der Waals surface area contributed by atoms with Gasteiger partial charge in [0.2, 0.25) is 0 Å². The van der Waals surface area contributed by atoms with E-state index >= 15 is 0 Å². The Kier molecular flexibility index (Phi) is 7.17. The Morgan fingerprint density at radius 3 is 2.46 bits per heavy atom. The van der Waals surface area contributed by atoms with Gasteiger partial charge >= 0.3 is 0 Å². The van der Waals surface area contributed by atoms with Gasteiger partial charge in [-0.15, -0.1) is 0 Å². The lowest BCUT2D eigenvalue weighted by Crippen LogP contribution is -2.36. The minimum absolute atomic E-state index is 0.0152. The summed E-state index contributed by atoms with van der Waals surface area (Å²) in [6, 6.07) is 12.3. The van der Waals surface area contributed by atoms with Crippen LogP contribution in [0, 0.1) is 6.92 Å². The Hall–Kier alpha value is -3.32. The molecule has 0 saturated carbocycles. The van der Waals surface area contributed by atoms with Gasteiger partial charge in [-0.1, -0.05) is 12.1 Å². The molecule has 2 heterocycles. The lowest BCUT2D eigenvalue weighted by Gasteiger charge is -2.28. The van der Waals surface area contributed by atoms with E-state index in [2.05, 4.69) is 0 Å². The molecule has 35 heavy (non-hydrogen) atoms. The van der Waals surface area contributed by atoms with Crippen molar-refractivity contribution in [3.8, 4) is 5.75 Å². The summed E-state index contributed by atoms with van der Waals surface area (Å²) in [5, 5.41) is 11.4. The molecule has 7 heteroatoms. The molecule has 2 aromatic carbocycles. The largest absolute Gasteiger partial charge is 0.507 e. The highest BCUT2D eigenvalue weighted by atomic mass is 16.5. The first-order valence-corrected chi connectivity index (χ1v) is 12.1. The maximum atomic E-state index is 13.3. The van der Waals surface area contributed by atoms with Crippen LogP contribution in [0.5, 0.6) is 5.75 Å². The molecular weight excluding hydrogens is 444 g/mol. The van der Waals surface area contributed by atoms with Crippen LogP contribution in [0.3, 0.4) is 0 Å². The summed E-state index contributed by atoms with van der Waals surface area (Å²) in [4.78, 5) is 30.0. The van der Waals surface area contributed by atoms with Crippen LogP contribution in [0.15, 0.2) is 48.0 Å². The van der Waals surface area contributed by atoms with Crippen molar-refractivity contribution in [2.75, 3.05) is 32.1 Å². The molecule has 2 aromatic rings. The fraction of sp³-hybridized carbons (Fsp3) is 0.429. The fourth-order valence-corrected chi connectivity index (χ4v) is 4.72. The van der Waals surface area contributed by atoms with E-state index in [0.717, 1.165) is 29.7 Å². The molecule has 2 aliphatic rings. The average Bonchev–Trinajstić information content (AvgIpc) is 3.42. The lowest BCUT2D eigenvalue weighted by atomic mass is 9.94. The maximum absolute atomic E-state index is 13.3. The first-order chi connectivity index (χ1) is 16.7. The van der Waals surface area contributed by atoms with E-state index in [9.17, 15) is 14.7 Å². The van der Waals surface area contributed by atoms with E-state index < -0.39 is 17.7 Å². The van der Waals surface area contributed by atoms with Gasteiger partial charge in [-0.3, -0.25) is 9.59 Å². The molecule has 1 N–H and O–H groups in total. The van der Waals surface area contributed by atoms with E-state index in [1.54, 1.807) is 23.1 Å². The number of ether oxygens (including phenoxy) is 2. The first-order valence-electron chi connectivity index (χ1n) is 12.1. The summed E-state index contributed by atoms with van der Waals surface area (Å²) in [5.74, 6) is -0.757. The van der Waals surface area contributed by atoms with E-state index in [4.69, 9.17) is 9.47 Å². The summed E-state index contributed by atoms with van der Waals surface area (Å²) in [6.07, 6.45) is 1.67. The molecule has 2 atom stereocenters. The van der Waals surface area contributed by atoms with Crippen LogP contribution < -0.4 is 9.64 Å². The van der Waals surface area contributed by atoms with Crippen LogP contribution in [0.25, 0.3) is 5.76 Å². The highest BCUT2D eigenvalue weighted by Gasteiger charge is 2.47. The molecule has 2 unspecified atom stereocenters. The highest BCUT2D eigenvalue weighted by molar-refractivity contribution is 6.46. The van der Waals surface area contributed by atoms with Gasteiger partial charge in [0.15, 0.2) is 0 Å². The zero-order valence-corrected chi connectivity index (χ0v) is 21.1. The van der Waals surface area contributed by atoms with Crippen molar-refractivity contribution in [3.63, 3.8) is 0 Å². The van der Waals surface area contributed by atoms with Crippen LogP contribution in [0.4, 0.5) is 5.69 Å². The number of aliphatic hydroxyl groups is 1. The number of aryl methyl sites for hydroxylation is 1. The van der Waals surface area contributed by atoms with Crippen LogP contribution >= 0.6 is 0 Å². The zero-order valence-electron chi connectivity index (χ0n) is 21.1. The van der Waals surface area contributed by atoms with E-state index in [0.29, 0.717) is 24.5 Å². The van der Waals surface area contributed by atoms with Gasteiger partial charge in [0, 0.05) is 38.5 Å². The number of carbonyl (C=O) groups is 2. The molecule has 1 amide bonds. The van der Waals surface area contributed by atoms with Crippen molar-refractivity contribution in [1.29, 1.82) is 0 Å². The minimum atomic E-state index is -0.692. The minimum Gasteiger partial charge on any atom is -0.507 e. The molecule has 2 fully saturated rings. The SMILES string of the molecule is Cc1cc(/C(O)=C2/C(=O)C(=O)N(CC3CCCO3)C2c2ccc(N(C)C)cc2)ccc1OC(C)C. The summed E-state index contributed by atoms with van der Waals surface area (Å²) < 4.78 is 11.6. The molecule has 4 rings (SSSR count). The van der Waals surface area contributed by atoms with Gasteiger partial charge in [-0.2, -0.15) is 0 Å². The molecule has 0 radical (unpaired) electrons. The maximum Gasteiger partial charge on any atom is 0.295 e. The number of benzene rings is 2. The number of amides is 1. The van der Waals surface area contributed by atoms with Crippen LogP contribution in [-0.2, 0) is 14.3 Å². The van der Waals surface area contributed by atoms with E-state index in [1.807, 2.05) is 64.0 Å². The third-order valence-electron chi connectivity index (χ3n) is 6.50. The number of hydrogen-bond acceptors (Lipinski definition) is 6. The third kappa shape index (κ3) is 5.05. The smallest absolute Gasteiger partial charge is 0.295 e. The molecule has 2 aliphatic heterocycles. The van der Waals surface area contributed by atoms with Crippen LogP contribution in [-0.4, -0.2) is 61.2 Å². The number of hydrogen-bond donors (Lipinski definition) is 1. The molecule has 7 nitrogen and oxygen atoms in total. The summed E-state index contributed by atoms with van der Waals surface area (Å²) in [6.45, 7) is 6.75. The Morgan fingerprint density at radius 1 is 1.17 bits per heavy atom. The molecule has 2 saturated heterocycles. The first kappa shape index (κ1) is 24.8. The Balaban J connectivity index is 1.79. The van der Waals surface area contributed by atoms with Crippen LogP contribution in [0.2, 0.25) is 0 Å². The highest BCUT2D eigenvalue weighted by Crippen LogP contribution is 2.41. The van der Waals surface area contributed by atoms with Crippen molar-refractivity contribution in [2.24, 2.45) is 0 Å². The van der Waals surface area contributed by atoms with E-state index in [1.165, 1.54) is 0 Å². The number of aliphatic hydroxyl groups excluding tert-OH is 1. The standard InChI is InChI=1S/C28H34N2O5/c1-17(2)35-23-13-10-20(15-18(23)3)26(31)24-25(19-8-11-21(12-9-19)29(4)5)30(28(33)27(24)32)16-22-7-6-14-34-22/h8-13,15,17,22,25,31H,6-7,14,16H2,1-5H3/b26-24-. The molecule has 0 bridgehead atoms. The number of anilines is 1. The Labute approximate surface area is 206 Å². The molecule has 186 valence electrons. The van der Waals surface area contributed by atoms with Gasteiger partial charge < -0.3 is 24.4 Å². The molecule has 0 aromatic heterocycles. The second kappa shape index (κ2) is 10.1.